The molecule has 0 spiro atoms. The van der Waals surface area contributed by atoms with E-state index < -0.39 is 5.97 Å². The third-order valence-corrected chi connectivity index (χ3v) is 3.64. The lowest BCUT2D eigenvalue weighted by atomic mass is 10.1. The summed E-state index contributed by atoms with van der Waals surface area (Å²) in [6.45, 7) is 0.302. The van der Waals surface area contributed by atoms with E-state index in [1.165, 1.54) is 0 Å². The number of hydrogen-bond acceptors (Lipinski definition) is 4. The lowest BCUT2D eigenvalue weighted by Crippen LogP contribution is -2.53. The summed E-state index contributed by atoms with van der Waals surface area (Å²) in [7, 11) is 5.82. The van der Waals surface area contributed by atoms with Crippen LogP contribution in [-0.2, 0) is 14.3 Å². The van der Waals surface area contributed by atoms with Crippen LogP contribution in [0, 0.1) is 0 Å². The first-order valence-electron chi connectivity index (χ1n) is 5.50. The van der Waals surface area contributed by atoms with E-state index in [2.05, 4.69) is 0 Å². The fourth-order valence-corrected chi connectivity index (χ4v) is 2.77. The van der Waals surface area contributed by atoms with E-state index in [4.69, 9.17) is 4.74 Å². The van der Waals surface area contributed by atoms with Gasteiger partial charge in [0.05, 0.1) is 32.9 Å². The molecule has 0 unspecified atom stereocenters. The minimum atomic E-state index is -0.392. The van der Waals surface area contributed by atoms with E-state index >= 15 is 0 Å². The van der Waals surface area contributed by atoms with Crippen LogP contribution in [0.2, 0.25) is 0 Å². The number of fused-ring (bicyclic) bond motifs is 1. The summed E-state index contributed by atoms with van der Waals surface area (Å²) in [6, 6.07) is 0. The van der Waals surface area contributed by atoms with Gasteiger partial charge in [-0.2, -0.15) is 0 Å². The minimum Gasteiger partial charge on any atom is -0.410 e. The smallest absolute Gasteiger partial charge is 0.359 e. The van der Waals surface area contributed by atoms with Gasteiger partial charge in [0.2, 0.25) is 12.6 Å². The molecule has 0 saturated carbocycles. The molecule has 6 heteroatoms. The van der Waals surface area contributed by atoms with Crippen LogP contribution in [0.15, 0.2) is 11.8 Å². The Kier molecular flexibility index (Phi) is 3.18. The number of thioether (sulfide) groups is 1. The van der Waals surface area contributed by atoms with E-state index in [0.29, 0.717) is 23.3 Å². The van der Waals surface area contributed by atoms with Gasteiger partial charge in [0.15, 0.2) is 0 Å². The predicted molar refractivity (Wildman–Crippen MR) is 64.8 cm³/mol. The molecule has 2 aliphatic rings. The van der Waals surface area contributed by atoms with Crippen molar-refractivity contribution in [1.82, 2.24) is 4.90 Å². The van der Waals surface area contributed by atoms with Gasteiger partial charge in [-0.25, -0.2) is 4.79 Å². The number of β-lactam (4-membered cyclic amide) rings is 1. The summed E-state index contributed by atoms with van der Waals surface area (Å²) in [4.78, 5) is 24.9. The lowest BCUT2D eigenvalue weighted by molar-refractivity contribution is -0.888. The molecule has 1 amide bonds. The molecule has 5 nitrogen and oxygen atoms in total. The maximum absolute atomic E-state index is 11.9. The molecule has 0 bridgehead atoms. The zero-order valence-electron chi connectivity index (χ0n) is 10.3. The van der Waals surface area contributed by atoms with Crippen molar-refractivity contribution >= 4 is 23.6 Å². The Morgan fingerprint density at radius 1 is 1.59 bits per heavy atom. The highest BCUT2D eigenvalue weighted by atomic mass is 32.2. The molecule has 1 atom stereocenters. The van der Waals surface area contributed by atoms with Crippen LogP contribution < -0.4 is 0 Å². The van der Waals surface area contributed by atoms with Gasteiger partial charge < -0.3 is 4.74 Å². The van der Waals surface area contributed by atoms with Gasteiger partial charge in [0.25, 0.3) is 0 Å². The van der Waals surface area contributed by atoms with Crippen molar-refractivity contribution in [2.24, 2.45) is 0 Å². The molecular formula is C11H17N2O3S+. The van der Waals surface area contributed by atoms with Gasteiger partial charge in [0, 0.05) is 5.75 Å². The third-order valence-electron chi connectivity index (χ3n) is 2.52. The first-order chi connectivity index (χ1) is 7.88. The molecule has 0 N–H and O–H groups in total. The standard InChI is InChI=1S/C11H17N2O3S/c1-13(2,3)7-16-11(15)8-4-5-17-10-6-9(14)12(8)10/h4,10H,5-7H2,1-3H3/q+1/t10-/m1/s1. The Labute approximate surface area is 105 Å². The van der Waals surface area contributed by atoms with Crippen LogP contribution in [0.1, 0.15) is 6.42 Å². The second kappa shape index (κ2) is 4.34. The average molecular weight is 257 g/mol. The van der Waals surface area contributed by atoms with E-state index in [1.54, 1.807) is 22.7 Å². The predicted octanol–water partition coefficient (Wildman–Crippen LogP) is 0.382. The van der Waals surface area contributed by atoms with Crippen molar-refractivity contribution in [3.8, 4) is 0 Å². The molecule has 1 saturated heterocycles. The van der Waals surface area contributed by atoms with Crippen molar-refractivity contribution in [2.45, 2.75) is 11.8 Å². The summed E-state index contributed by atoms with van der Waals surface area (Å²) >= 11 is 1.68. The molecule has 2 aliphatic heterocycles. The molecule has 2 heterocycles. The maximum atomic E-state index is 11.9. The van der Waals surface area contributed by atoms with E-state index in [1.807, 2.05) is 21.1 Å². The second-order valence-electron chi connectivity index (χ2n) is 5.20. The number of ether oxygens (including phenoxy) is 1. The lowest BCUT2D eigenvalue weighted by Gasteiger charge is -2.42. The molecule has 0 radical (unpaired) electrons. The average Bonchev–Trinajstić information content (AvgIpc) is 2.22. The largest absolute Gasteiger partial charge is 0.410 e. The monoisotopic (exact) mass is 257 g/mol. The number of esters is 1. The van der Waals surface area contributed by atoms with Gasteiger partial charge in [-0.1, -0.05) is 0 Å². The fourth-order valence-electron chi connectivity index (χ4n) is 1.65. The van der Waals surface area contributed by atoms with E-state index in [-0.39, 0.29) is 11.3 Å². The Bertz CT molecular complexity index is 387. The molecule has 0 aliphatic carbocycles. The van der Waals surface area contributed by atoms with Gasteiger partial charge in [0.1, 0.15) is 5.70 Å². The summed E-state index contributed by atoms with van der Waals surface area (Å²) < 4.78 is 5.76. The first-order valence-corrected chi connectivity index (χ1v) is 6.55. The number of nitrogens with zero attached hydrogens (tertiary/aromatic N) is 2. The number of carbonyl (C=O) groups is 2. The maximum Gasteiger partial charge on any atom is 0.359 e. The summed E-state index contributed by atoms with van der Waals surface area (Å²) in [6.07, 6.45) is 2.31. The number of carbonyl (C=O) groups excluding carboxylic acids is 2. The van der Waals surface area contributed by atoms with Gasteiger partial charge in [-0.05, 0) is 6.08 Å². The second-order valence-corrected chi connectivity index (χ2v) is 6.41. The summed E-state index contributed by atoms with van der Waals surface area (Å²) in [5, 5.41) is 0.138. The van der Waals surface area contributed by atoms with E-state index in [9.17, 15) is 9.59 Å². The SMILES string of the molecule is C[N+](C)(C)COC(=O)C1=CCS[C@@H]2CC(=O)N12. The zero-order valence-corrected chi connectivity index (χ0v) is 11.1. The van der Waals surface area contributed by atoms with Crippen molar-refractivity contribution in [3.63, 3.8) is 0 Å². The molecule has 17 heavy (non-hydrogen) atoms. The van der Waals surface area contributed by atoms with Crippen molar-refractivity contribution in [2.75, 3.05) is 33.6 Å². The first kappa shape index (κ1) is 12.4. The van der Waals surface area contributed by atoms with E-state index in [0.717, 1.165) is 5.75 Å². The molecule has 0 aromatic carbocycles. The minimum absolute atomic E-state index is 0.00986. The van der Waals surface area contributed by atoms with Crippen LogP contribution in [0.3, 0.4) is 0 Å². The van der Waals surface area contributed by atoms with Crippen molar-refractivity contribution in [1.29, 1.82) is 0 Å². The Morgan fingerprint density at radius 2 is 2.29 bits per heavy atom. The molecule has 94 valence electrons. The van der Waals surface area contributed by atoms with Gasteiger partial charge in [-0.3, -0.25) is 14.2 Å². The topological polar surface area (TPSA) is 46.6 Å². The summed E-state index contributed by atoms with van der Waals surface area (Å²) in [5.41, 5.74) is 0.415. The molecule has 0 aromatic rings. The molecular weight excluding hydrogens is 240 g/mol. The molecule has 2 rings (SSSR count). The fraction of sp³-hybridized carbons (Fsp3) is 0.636. The zero-order chi connectivity index (χ0) is 12.6. The highest BCUT2D eigenvalue weighted by molar-refractivity contribution is 8.00. The van der Waals surface area contributed by atoms with Crippen LogP contribution in [0.25, 0.3) is 0 Å². The number of amides is 1. The third kappa shape index (κ3) is 2.63. The Balaban J connectivity index is 1.99. The van der Waals surface area contributed by atoms with Crippen LogP contribution >= 0.6 is 11.8 Å². The highest BCUT2D eigenvalue weighted by Crippen LogP contribution is 2.37. The Hall–Kier alpha value is -1.01. The quantitative estimate of drug-likeness (QED) is 0.317. The number of rotatable bonds is 3. The van der Waals surface area contributed by atoms with Crippen LogP contribution in [0.5, 0.6) is 0 Å². The molecule has 1 fully saturated rings. The molecule has 0 aromatic heterocycles. The summed E-state index contributed by atoms with van der Waals surface area (Å²) in [5.74, 6) is 0.385. The van der Waals surface area contributed by atoms with Crippen LogP contribution in [-0.4, -0.2) is 60.3 Å². The van der Waals surface area contributed by atoms with Crippen molar-refractivity contribution in [3.05, 3.63) is 11.8 Å². The Morgan fingerprint density at radius 3 is 2.88 bits per heavy atom. The van der Waals surface area contributed by atoms with Crippen LogP contribution in [0.4, 0.5) is 0 Å². The highest BCUT2D eigenvalue weighted by Gasteiger charge is 2.43. The van der Waals surface area contributed by atoms with Gasteiger partial charge in [-0.15, -0.1) is 11.8 Å². The normalized spacial score (nSPS) is 23.7. The number of quaternary nitrogens is 1. The van der Waals surface area contributed by atoms with Gasteiger partial charge >= 0.3 is 5.97 Å². The van der Waals surface area contributed by atoms with Crippen molar-refractivity contribution < 1.29 is 18.8 Å². The number of hydrogen-bond donors (Lipinski definition) is 0.